The van der Waals surface area contributed by atoms with E-state index in [1.807, 2.05) is 62.4 Å². The summed E-state index contributed by atoms with van der Waals surface area (Å²) in [5.41, 5.74) is 3.09. The van der Waals surface area contributed by atoms with E-state index in [0.29, 0.717) is 5.75 Å². The summed E-state index contributed by atoms with van der Waals surface area (Å²) in [6.45, 7) is 3.90. The van der Waals surface area contributed by atoms with Gasteiger partial charge in [-0.2, -0.15) is 0 Å². The van der Waals surface area contributed by atoms with Crippen molar-refractivity contribution in [3.05, 3.63) is 59.7 Å². The molecular weight excluding hydrogens is 296 g/mol. The lowest BCUT2D eigenvalue weighted by Crippen LogP contribution is -2.37. The fourth-order valence-electron chi connectivity index (χ4n) is 1.83. The van der Waals surface area contributed by atoms with Gasteiger partial charge in [-0.25, -0.2) is 0 Å². The van der Waals surface area contributed by atoms with E-state index < -0.39 is 0 Å². The fourth-order valence-corrected chi connectivity index (χ4v) is 2.06. The highest BCUT2D eigenvalue weighted by Crippen LogP contribution is 2.11. The number of carbonyl (C=O) groups is 1. The van der Waals surface area contributed by atoms with Crippen LogP contribution in [0, 0.1) is 13.8 Å². The summed E-state index contributed by atoms with van der Waals surface area (Å²) in [6, 6.07) is 15.2. The van der Waals surface area contributed by atoms with Gasteiger partial charge in [0, 0.05) is 5.69 Å². The zero-order chi connectivity index (χ0) is 15.9. The number of hydrogen-bond acceptors (Lipinski definition) is 3. The van der Waals surface area contributed by atoms with Gasteiger partial charge in [-0.15, -0.1) is 0 Å². The van der Waals surface area contributed by atoms with Crippen molar-refractivity contribution >= 4 is 28.9 Å². The quantitative estimate of drug-likeness (QED) is 0.851. The van der Waals surface area contributed by atoms with E-state index in [-0.39, 0.29) is 17.6 Å². The maximum atomic E-state index is 11.8. The van der Waals surface area contributed by atoms with Crippen LogP contribution >= 0.6 is 12.2 Å². The number of amides is 1. The highest BCUT2D eigenvalue weighted by molar-refractivity contribution is 7.80. The van der Waals surface area contributed by atoms with Crippen molar-refractivity contribution in [2.45, 2.75) is 13.8 Å². The summed E-state index contributed by atoms with van der Waals surface area (Å²) < 4.78 is 5.39. The molecule has 0 unspecified atom stereocenters. The summed E-state index contributed by atoms with van der Waals surface area (Å²) in [5.74, 6) is 0.351. The third-order valence-electron chi connectivity index (χ3n) is 2.92. The first-order chi connectivity index (χ1) is 10.5. The van der Waals surface area contributed by atoms with Gasteiger partial charge in [-0.05, 0) is 55.9 Å². The minimum atomic E-state index is -0.300. The van der Waals surface area contributed by atoms with Gasteiger partial charge >= 0.3 is 0 Å². The number of ether oxygens (including phenoxy) is 1. The van der Waals surface area contributed by atoms with E-state index in [1.165, 1.54) is 0 Å². The molecule has 0 saturated carbocycles. The van der Waals surface area contributed by atoms with Crippen LogP contribution < -0.4 is 15.4 Å². The van der Waals surface area contributed by atoms with Crippen molar-refractivity contribution in [3.8, 4) is 5.75 Å². The minimum absolute atomic E-state index is 0.0846. The van der Waals surface area contributed by atoms with E-state index in [9.17, 15) is 4.79 Å². The first-order valence-electron chi connectivity index (χ1n) is 6.90. The molecule has 0 atom stereocenters. The first-order valence-corrected chi connectivity index (χ1v) is 7.31. The van der Waals surface area contributed by atoms with Crippen LogP contribution in [0.4, 0.5) is 5.69 Å². The smallest absolute Gasteiger partial charge is 0.264 e. The summed E-state index contributed by atoms with van der Waals surface area (Å²) in [5, 5.41) is 5.80. The number of carbonyl (C=O) groups excluding carboxylic acids is 1. The normalized spacial score (nSPS) is 9.91. The number of anilines is 1. The van der Waals surface area contributed by atoms with Gasteiger partial charge < -0.3 is 10.1 Å². The van der Waals surface area contributed by atoms with E-state index in [2.05, 4.69) is 10.6 Å². The number of nitrogens with one attached hydrogen (secondary N) is 2. The topological polar surface area (TPSA) is 50.4 Å². The van der Waals surface area contributed by atoms with Crippen LogP contribution in [0.3, 0.4) is 0 Å². The van der Waals surface area contributed by atoms with Crippen LogP contribution in [0.25, 0.3) is 0 Å². The number of hydrogen-bond donors (Lipinski definition) is 2. The molecule has 0 radical (unpaired) electrons. The lowest BCUT2D eigenvalue weighted by molar-refractivity contribution is -0.121. The molecule has 5 heteroatoms. The minimum Gasteiger partial charge on any atom is -0.484 e. The first kappa shape index (κ1) is 16.0. The predicted molar refractivity (Wildman–Crippen MR) is 92.2 cm³/mol. The monoisotopic (exact) mass is 314 g/mol. The number of benzene rings is 2. The SMILES string of the molecule is Cc1ccc(OCC(=O)NC(=S)Nc2cccc(C)c2)cc1. The Bertz CT molecular complexity index is 669. The zero-order valence-corrected chi connectivity index (χ0v) is 13.4. The van der Waals surface area contributed by atoms with E-state index in [1.54, 1.807) is 0 Å². The molecule has 0 aliphatic heterocycles. The van der Waals surface area contributed by atoms with Crippen molar-refractivity contribution in [3.63, 3.8) is 0 Å². The third kappa shape index (κ3) is 5.18. The molecule has 0 fully saturated rings. The van der Waals surface area contributed by atoms with E-state index in [0.717, 1.165) is 16.8 Å². The maximum Gasteiger partial charge on any atom is 0.264 e. The highest BCUT2D eigenvalue weighted by Gasteiger charge is 2.06. The van der Waals surface area contributed by atoms with Crippen LogP contribution in [0.2, 0.25) is 0 Å². The standard InChI is InChI=1S/C17H18N2O2S/c1-12-6-8-15(9-7-12)21-11-16(20)19-17(22)18-14-5-3-4-13(2)10-14/h3-10H,11H2,1-2H3,(H2,18,19,20,22). The van der Waals surface area contributed by atoms with Gasteiger partial charge in [-0.3, -0.25) is 10.1 Å². The molecule has 0 aliphatic carbocycles. The largest absolute Gasteiger partial charge is 0.484 e. The average Bonchev–Trinajstić information content (AvgIpc) is 2.46. The summed E-state index contributed by atoms with van der Waals surface area (Å²) in [4.78, 5) is 11.8. The molecule has 0 spiro atoms. The Hall–Kier alpha value is -2.40. The summed E-state index contributed by atoms with van der Waals surface area (Å²) >= 11 is 5.10. The molecule has 2 rings (SSSR count). The van der Waals surface area contributed by atoms with Crippen molar-refractivity contribution in [1.29, 1.82) is 0 Å². The summed E-state index contributed by atoms with van der Waals surface area (Å²) in [6.07, 6.45) is 0. The Labute approximate surface area is 135 Å². The molecule has 2 aromatic carbocycles. The van der Waals surface area contributed by atoms with Gasteiger partial charge in [0.05, 0.1) is 0 Å². The van der Waals surface area contributed by atoms with Crippen LogP contribution in [0.5, 0.6) is 5.75 Å². The molecule has 1 amide bonds. The Morgan fingerprint density at radius 2 is 1.82 bits per heavy atom. The molecule has 2 N–H and O–H groups in total. The second-order valence-electron chi connectivity index (χ2n) is 4.97. The second-order valence-corrected chi connectivity index (χ2v) is 5.38. The number of aryl methyl sites for hydroxylation is 2. The van der Waals surface area contributed by atoms with Crippen LogP contribution in [0.1, 0.15) is 11.1 Å². The second kappa shape index (κ2) is 7.56. The molecule has 2 aromatic rings. The van der Waals surface area contributed by atoms with Crippen molar-refractivity contribution in [2.24, 2.45) is 0 Å². The number of thiocarbonyl (C=S) groups is 1. The Kier molecular flexibility index (Phi) is 5.49. The van der Waals surface area contributed by atoms with Crippen molar-refractivity contribution in [1.82, 2.24) is 5.32 Å². The zero-order valence-electron chi connectivity index (χ0n) is 12.6. The molecular formula is C17H18N2O2S. The van der Waals surface area contributed by atoms with E-state index in [4.69, 9.17) is 17.0 Å². The molecule has 114 valence electrons. The fraction of sp³-hybridized carbons (Fsp3) is 0.176. The molecule has 22 heavy (non-hydrogen) atoms. The van der Waals surface area contributed by atoms with E-state index >= 15 is 0 Å². The lowest BCUT2D eigenvalue weighted by Gasteiger charge is -2.11. The van der Waals surface area contributed by atoms with Gasteiger partial charge in [0.15, 0.2) is 11.7 Å². The molecule has 0 bridgehead atoms. The lowest BCUT2D eigenvalue weighted by atomic mass is 10.2. The van der Waals surface area contributed by atoms with Crippen LogP contribution in [-0.4, -0.2) is 17.6 Å². The van der Waals surface area contributed by atoms with Gasteiger partial charge in [0.2, 0.25) is 0 Å². The molecule has 4 nitrogen and oxygen atoms in total. The van der Waals surface area contributed by atoms with Gasteiger partial charge in [0.1, 0.15) is 5.75 Å². The number of rotatable bonds is 4. The Balaban J connectivity index is 1.79. The van der Waals surface area contributed by atoms with Gasteiger partial charge in [-0.1, -0.05) is 29.8 Å². The molecule has 0 heterocycles. The van der Waals surface area contributed by atoms with Crippen molar-refractivity contribution < 1.29 is 9.53 Å². The van der Waals surface area contributed by atoms with Crippen molar-refractivity contribution in [2.75, 3.05) is 11.9 Å². The summed E-state index contributed by atoms with van der Waals surface area (Å²) in [7, 11) is 0. The highest BCUT2D eigenvalue weighted by atomic mass is 32.1. The van der Waals surface area contributed by atoms with Crippen LogP contribution in [-0.2, 0) is 4.79 Å². The van der Waals surface area contributed by atoms with Gasteiger partial charge in [0.25, 0.3) is 5.91 Å². The Morgan fingerprint density at radius 1 is 1.09 bits per heavy atom. The molecule has 0 aromatic heterocycles. The maximum absolute atomic E-state index is 11.8. The average molecular weight is 314 g/mol. The predicted octanol–water partition coefficient (Wildman–Crippen LogP) is 3.20. The molecule has 0 saturated heterocycles. The Morgan fingerprint density at radius 3 is 2.50 bits per heavy atom. The van der Waals surface area contributed by atoms with Crippen LogP contribution in [0.15, 0.2) is 48.5 Å². The molecule has 0 aliphatic rings. The third-order valence-corrected chi connectivity index (χ3v) is 3.12.